The second-order valence-corrected chi connectivity index (χ2v) is 5.58. The number of halogens is 1. The first-order chi connectivity index (χ1) is 7.94. The van der Waals surface area contributed by atoms with Crippen molar-refractivity contribution in [3.8, 4) is 0 Å². The van der Waals surface area contributed by atoms with Crippen LogP contribution in [0.5, 0.6) is 0 Å². The maximum Gasteiger partial charge on any atom is 0.220 e. The SMILES string of the molecule is CC(C)(CN)NC(=O)CCc1ccccc1Br. The molecule has 1 aromatic carbocycles. The molecular formula is C13H19BrN2O. The number of carbonyl (C=O) groups is 1. The molecule has 0 aromatic heterocycles. The number of hydrogen-bond donors (Lipinski definition) is 2. The van der Waals surface area contributed by atoms with Crippen LogP contribution in [0.2, 0.25) is 0 Å². The van der Waals surface area contributed by atoms with Gasteiger partial charge in [-0.1, -0.05) is 34.1 Å². The maximum absolute atomic E-state index is 11.7. The minimum absolute atomic E-state index is 0.0382. The molecule has 0 aliphatic rings. The zero-order valence-corrected chi connectivity index (χ0v) is 11.9. The van der Waals surface area contributed by atoms with Crippen LogP contribution >= 0.6 is 15.9 Å². The van der Waals surface area contributed by atoms with Gasteiger partial charge in [0.1, 0.15) is 0 Å². The molecule has 0 aliphatic carbocycles. The van der Waals surface area contributed by atoms with Gasteiger partial charge in [0.15, 0.2) is 0 Å². The monoisotopic (exact) mass is 298 g/mol. The molecular weight excluding hydrogens is 280 g/mol. The predicted molar refractivity (Wildman–Crippen MR) is 73.7 cm³/mol. The molecule has 4 heteroatoms. The molecule has 3 N–H and O–H groups in total. The van der Waals surface area contributed by atoms with E-state index < -0.39 is 0 Å². The Morgan fingerprint density at radius 1 is 1.41 bits per heavy atom. The highest BCUT2D eigenvalue weighted by Crippen LogP contribution is 2.17. The third-order valence-electron chi connectivity index (χ3n) is 2.57. The minimum Gasteiger partial charge on any atom is -0.350 e. The van der Waals surface area contributed by atoms with E-state index in [1.807, 2.05) is 38.1 Å². The lowest BCUT2D eigenvalue weighted by Gasteiger charge is -2.24. The van der Waals surface area contributed by atoms with Crippen molar-refractivity contribution in [1.82, 2.24) is 5.32 Å². The molecule has 0 saturated heterocycles. The number of nitrogens with one attached hydrogen (secondary N) is 1. The first kappa shape index (κ1) is 14.2. The topological polar surface area (TPSA) is 55.1 Å². The van der Waals surface area contributed by atoms with E-state index in [1.54, 1.807) is 0 Å². The third kappa shape index (κ3) is 4.88. The number of carbonyl (C=O) groups excluding carboxylic acids is 1. The summed E-state index contributed by atoms with van der Waals surface area (Å²) in [7, 11) is 0. The van der Waals surface area contributed by atoms with Crippen LogP contribution in [-0.4, -0.2) is 18.0 Å². The Morgan fingerprint density at radius 3 is 2.65 bits per heavy atom. The van der Waals surface area contributed by atoms with Crippen molar-refractivity contribution < 1.29 is 4.79 Å². The van der Waals surface area contributed by atoms with Gasteiger partial charge in [0.05, 0.1) is 0 Å². The van der Waals surface area contributed by atoms with Gasteiger partial charge in [0, 0.05) is 23.0 Å². The number of benzene rings is 1. The van der Waals surface area contributed by atoms with Crippen molar-refractivity contribution in [3.05, 3.63) is 34.3 Å². The minimum atomic E-state index is -0.328. The van der Waals surface area contributed by atoms with E-state index in [9.17, 15) is 4.79 Å². The molecule has 0 heterocycles. The fourth-order valence-corrected chi connectivity index (χ4v) is 1.92. The second kappa shape index (κ2) is 6.17. The Hall–Kier alpha value is -0.870. The predicted octanol–water partition coefficient (Wildman–Crippen LogP) is 2.24. The van der Waals surface area contributed by atoms with Gasteiger partial charge >= 0.3 is 0 Å². The van der Waals surface area contributed by atoms with Gasteiger partial charge in [-0.05, 0) is 31.9 Å². The van der Waals surface area contributed by atoms with Crippen LogP contribution in [0.1, 0.15) is 25.8 Å². The fraction of sp³-hybridized carbons (Fsp3) is 0.462. The molecule has 94 valence electrons. The Kier molecular flexibility index (Phi) is 5.15. The van der Waals surface area contributed by atoms with Gasteiger partial charge < -0.3 is 11.1 Å². The van der Waals surface area contributed by atoms with Crippen molar-refractivity contribution in [2.45, 2.75) is 32.2 Å². The quantitative estimate of drug-likeness (QED) is 0.876. The fourth-order valence-electron chi connectivity index (χ4n) is 1.44. The van der Waals surface area contributed by atoms with Gasteiger partial charge in [-0.15, -0.1) is 0 Å². The number of hydrogen-bond acceptors (Lipinski definition) is 2. The summed E-state index contributed by atoms with van der Waals surface area (Å²) in [5.74, 6) is 0.0382. The van der Waals surface area contributed by atoms with Crippen molar-refractivity contribution in [1.29, 1.82) is 0 Å². The molecule has 0 bridgehead atoms. The Balaban J connectivity index is 2.47. The van der Waals surface area contributed by atoms with Gasteiger partial charge in [-0.25, -0.2) is 0 Å². The molecule has 0 aliphatic heterocycles. The highest BCUT2D eigenvalue weighted by Gasteiger charge is 2.17. The lowest BCUT2D eigenvalue weighted by Crippen LogP contribution is -2.48. The standard InChI is InChI=1S/C13H19BrN2O/c1-13(2,9-15)16-12(17)8-7-10-5-3-4-6-11(10)14/h3-6H,7-9,15H2,1-2H3,(H,16,17). The van der Waals surface area contributed by atoms with Crippen LogP contribution < -0.4 is 11.1 Å². The van der Waals surface area contributed by atoms with Crippen LogP contribution in [0.4, 0.5) is 0 Å². The summed E-state index contributed by atoms with van der Waals surface area (Å²) in [5, 5.41) is 2.92. The smallest absolute Gasteiger partial charge is 0.220 e. The van der Waals surface area contributed by atoms with Crippen molar-refractivity contribution in [2.75, 3.05) is 6.54 Å². The van der Waals surface area contributed by atoms with E-state index in [-0.39, 0.29) is 11.4 Å². The summed E-state index contributed by atoms with van der Waals surface area (Å²) in [5.41, 5.74) is 6.38. The molecule has 0 atom stereocenters. The maximum atomic E-state index is 11.7. The number of aryl methyl sites for hydroxylation is 1. The van der Waals surface area contributed by atoms with Gasteiger partial charge in [0.25, 0.3) is 0 Å². The van der Waals surface area contributed by atoms with Gasteiger partial charge in [0.2, 0.25) is 5.91 Å². The number of amides is 1. The lowest BCUT2D eigenvalue weighted by atomic mass is 10.0. The molecule has 0 fully saturated rings. The van der Waals surface area contributed by atoms with Gasteiger partial charge in [-0.3, -0.25) is 4.79 Å². The number of rotatable bonds is 5. The van der Waals surface area contributed by atoms with Crippen molar-refractivity contribution >= 4 is 21.8 Å². The molecule has 3 nitrogen and oxygen atoms in total. The summed E-state index contributed by atoms with van der Waals surface area (Å²) in [6.45, 7) is 4.28. The summed E-state index contributed by atoms with van der Waals surface area (Å²) in [6.07, 6.45) is 1.21. The van der Waals surface area contributed by atoms with E-state index in [0.717, 1.165) is 16.5 Å². The average Bonchev–Trinajstić information content (AvgIpc) is 2.27. The molecule has 0 saturated carbocycles. The van der Waals surface area contributed by atoms with E-state index >= 15 is 0 Å². The van der Waals surface area contributed by atoms with Crippen molar-refractivity contribution in [2.24, 2.45) is 5.73 Å². The first-order valence-electron chi connectivity index (χ1n) is 5.69. The van der Waals surface area contributed by atoms with E-state index in [2.05, 4.69) is 21.2 Å². The normalized spacial score (nSPS) is 11.3. The second-order valence-electron chi connectivity index (χ2n) is 4.73. The average molecular weight is 299 g/mol. The van der Waals surface area contributed by atoms with Gasteiger partial charge in [-0.2, -0.15) is 0 Å². The highest BCUT2D eigenvalue weighted by atomic mass is 79.9. The first-order valence-corrected chi connectivity index (χ1v) is 6.48. The van der Waals surface area contributed by atoms with Crippen LogP contribution in [0, 0.1) is 0 Å². The van der Waals surface area contributed by atoms with Crippen LogP contribution in [-0.2, 0) is 11.2 Å². The molecule has 1 rings (SSSR count). The Labute approximate surface area is 111 Å². The summed E-state index contributed by atoms with van der Waals surface area (Å²) >= 11 is 3.47. The summed E-state index contributed by atoms with van der Waals surface area (Å²) in [6, 6.07) is 7.94. The molecule has 17 heavy (non-hydrogen) atoms. The molecule has 1 amide bonds. The third-order valence-corrected chi connectivity index (χ3v) is 3.34. The van der Waals surface area contributed by atoms with Crippen LogP contribution in [0.25, 0.3) is 0 Å². The number of nitrogens with two attached hydrogens (primary N) is 1. The van der Waals surface area contributed by atoms with E-state index in [4.69, 9.17) is 5.73 Å². The van der Waals surface area contributed by atoms with Crippen molar-refractivity contribution in [3.63, 3.8) is 0 Å². The summed E-state index contributed by atoms with van der Waals surface area (Å²) < 4.78 is 1.05. The lowest BCUT2D eigenvalue weighted by molar-refractivity contribution is -0.122. The van der Waals surface area contributed by atoms with Crippen LogP contribution in [0.15, 0.2) is 28.7 Å². The molecule has 0 spiro atoms. The Bertz CT molecular complexity index is 391. The zero-order chi connectivity index (χ0) is 12.9. The summed E-state index contributed by atoms with van der Waals surface area (Å²) in [4.78, 5) is 11.7. The van der Waals surface area contributed by atoms with E-state index in [1.165, 1.54) is 0 Å². The zero-order valence-electron chi connectivity index (χ0n) is 10.3. The largest absolute Gasteiger partial charge is 0.350 e. The van der Waals surface area contributed by atoms with E-state index in [0.29, 0.717) is 13.0 Å². The van der Waals surface area contributed by atoms with Crippen LogP contribution in [0.3, 0.4) is 0 Å². The Morgan fingerprint density at radius 2 is 2.06 bits per heavy atom. The highest BCUT2D eigenvalue weighted by molar-refractivity contribution is 9.10. The molecule has 1 aromatic rings. The molecule has 0 unspecified atom stereocenters. The molecule has 0 radical (unpaired) electrons.